The van der Waals surface area contributed by atoms with E-state index >= 15 is 0 Å². The van der Waals surface area contributed by atoms with Crippen LogP contribution in [0.1, 0.15) is 18.1 Å². The van der Waals surface area contributed by atoms with Gasteiger partial charge in [-0.3, -0.25) is 9.20 Å². The summed E-state index contributed by atoms with van der Waals surface area (Å²) in [5, 5.41) is 3.14. The highest BCUT2D eigenvalue weighted by Gasteiger charge is 2.16. The van der Waals surface area contributed by atoms with Gasteiger partial charge in [0.25, 0.3) is 0 Å². The Bertz CT molecular complexity index is 1340. The molecule has 0 fully saturated rings. The molecule has 0 amide bonds. The van der Waals surface area contributed by atoms with Gasteiger partial charge in [0, 0.05) is 17.8 Å². The Morgan fingerprint density at radius 1 is 1.06 bits per heavy atom. The number of fused-ring (bicyclic) bond motifs is 1. The molecule has 0 saturated heterocycles. The van der Waals surface area contributed by atoms with Crippen LogP contribution in [-0.4, -0.2) is 34.5 Å². The molecule has 4 aromatic rings. The summed E-state index contributed by atoms with van der Waals surface area (Å²) < 4.78 is 12.4. The topological polar surface area (TPSA) is 81.9 Å². The Balaban J connectivity index is 1.60. The highest BCUT2D eigenvalue weighted by Crippen LogP contribution is 2.31. The zero-order valence-corrected chi connectivity index (χ0v) is 19.0. The van der Waals surface area contributed by atoms with Crippen LogP contribution in [-0.2, 0) is 14.3 Å². The van der Waals surface area contributed by atoms with Crippen LogP contribution in [0, 0.1) is 6.92 Å². The zero-order valence-electron chi connectivity index (χ0n) is 19.0. The van der Waals surface area contributed by atoms with Gasteiger partial charge in [0.05, 0.1) is 6.61 Å². The molecule has 7 nitrogen and oxygen atoms in total. The van der Waals surface area contributed by atoms with E-state index in [4.69, 9.17) is 14.5 Å². The standard InChI is InChI=1S/C27H25N3O4/c1-3-33-25(32)18-28-27-26(29-23-16-19(2)14-15-30(23)27)21-10-7-11-22(17-21)34-24(31)13-12-20-8-5-4-6-9-20/h4-17,28H,3,18H2,1-2H3/b13-12+. The first-order valence-corrected chi connectivity index (χ1v) is 11.0. The third-order valence-corrected chi connectivity index (χ3v) is 5.02. The normalized spacial score (nSPS) is 11.0. The number of esters is 2. The molecule has 172 valence electrons. The minimum Gasteiger partial charge on any atom is -0.465 e. The molecule has 7 heteroatoms. The van der Waals surface area contributed by atoms with Crippen LogP contribution in [0.15, 0.2) is 79.0 Å². The zero-order chi connectivity index (χ0) is 23.9. The monoisotopic (exact) mass is 455 g/mol. The number of aromatic nitrogens is 2. The second-order valence-electron chi connectivity index (χ2n) is 7.59. The molecule has 0 radical (unpaired) electrons. The summed E-state index contributed by atoms with van der Waals surface area (Å²) in [6.45, 7) is 4.07. The van der Waals surface area contributed by atoms with Crippen molar-refractivity contribution in [2.24, 2.45) is 0 Å². The Hall–Kier alpha value is -4.39. The number of imidazole rings is 1. The maximum Gasteiger partial charge on any atom is 0.336 e. The Morgan fingerprint density at radius 3 is 2.68 bits per heavy atom. The second kappa shape index (κ2) is 10.5. The van der Waals surface area contributed by atoms with Crippen LogP contribution in [0.25, 0.3) is 23.0 Å². The number of hydrogen-bond donors (Lipinski definition) is 1. The molecular weight excluding hydrogens is 430 g/mol. The Labute approximate surface area is 197 Å². The van der Waals surface area contributed by atoms with Crippen LogP contribution in [0.2, 0.25) is 0 Å². The Kier molecular flexibility index (Phi) is 7.03. The van der Waals surface area contributed by atoms with Gasteiger partial charge >= 0.3 is 11.9 Å². The number of ether oxygens (including phenoxy) is 2. The van der Waals surface area contributed by atoms with Crippen molar-refractivity contribution in [2.75, 3.05) is 18.5 Å². The number of pyridine rings is 1. The van der Waals surface area contributed by atoms with Crippen molar-refractivity contribution >= 4 is 29.5 Å². The minimum absolute atomic E-state index is 0.00146. The van der Waals surface area contributed by atoms with Crippen molar-refractivity contribution in [3.05, 3.63) is 90.1 Å². The number of aryl methyl sites for hydroxylation is 1. The largest absolute Gasteiger partial charge is 0.465 e. The quantitative estimate of drug-likeness (QED) is 0.231. The number of carbonyl (C=O) groups is 2. The first-order chi connectivity index (χ1) is 16.5. The SMILES string of the molecule is CCOC(=O)CNc1c(-c2cccc(OC(=O)/C=C/c3ccccc3)c2)nc2cc(C)ccn12. The lowest BCUT2D eigenvalue weighted by Crippen LogP contribution is -2.17. The molecule has 4 rings (SSSR count). The summed E-state index contributed by atoms with van der Waals surface area (Å²) in [5.74, 6) is 0.205. The van der Waals surface area contributed by atoms with Gasteiger partial charge in [0.1, 0.15) is 29.5 Å². The summed E-state index contributed by atoms with van der Waals surface area (Å²) in [6.07, 6.45) is 4.99. The van der Waals surface area contributed by atoms with Crippen molar-refractivity contribution in [2.45, 2.75) is 13.8 Å². The van der Waals surface area contributed by atoms with E-state index in [1.165, 1.54) is 6.08 Å². The molecule has 2 aromatic heterocycles. The molecule has 0 aliphatic rings. The van der Waals surface area contributed by atoms with Crippen molar-refractivity contribution in [3.8, 4) is 17.0 Å². The van der Waals surface area contributed by atoms with Gasteiger partial charge < -0.3 is 14.8 Å². The van der Waals surface area contributed by atoms with Crippen molar-refractivity contribution in [1.82, 2.24) is 9.38 Å². The Morgan fingerprint density at radius 2 is 1.88 bits per heavy atom. The first kappa shape index (κ1) is 22.8. The maximum atomic E-state index is 12.3. The van der Waals surface area contributed by atoms with Crippen LogP contribution >= 0.6 is 0 Å². The molecule has 0 saturated carbocycles. The average Bonchev–Trinajstić information content (AvgIpc) is 3.20. The molecule has 0 atom stereocenters. The number of carbonyl (C=O) groups excluding carboxylic acids is 2. The molecule has 0 spiro atoms. The van der Waals surface area contributed by atoms with Crippen molar-refractivity contribution in [1.29, 1.82) is 0 Å². The van der Waals surface area contributed by atoms with Gasteiger partial charge in [-0.05, 0) is 55.3 Å². The van der Waals surface area contributed by atoms with Gasteiger partial charge in [-0.15, -0.1) is 0 Å². The minimum atomic E-state index is -0.479. The number of hydrogen-bond acceptors (Lipinski definition) is 6. The molecule has 1 N–H and O–H groups in total. The molecular formula is C27H25N3O4. The summed E-state index contributed by atoms with van der Waals surface area (Å²) in [5.41, 5.74) is 4.08. The molecule has 0 bridgehead atoms. The van der Waals surface area contributed by atoms with Gasteiger partial charge in [-0.25, -0.2) is 9.78 Å². The lowest BCUT2D eigenvalue weighted by Gasteiger charge is -2.09. The third kappa shape index (κ3) is 5.50. The van der Waals surface area contributed by atoms with E-state index in [9.17, 15) is 9.59 Å². The van der Waals surface area contributed by atoms with Gasteiger partial charge in [-0.1, -0.05) is 42.5 Å². The van der Waals surface area contributed by atoms with E-state index < -0.39 is 5.97 Å². The van der Waals surface area contributed by atoms with Gasteiger partial charge in [0.15, 0.2) is 0 Å². The van der Waals surface area contributed by atoms with Gasteiger partial charge in [0.2, 0.25) is 0 Å². The summed E-state index contributed by atoms with van der Waals surface area (Å²) >= 11 is 0. The van der Waals surface area contributed by atoms with Crippen molar-refractivity contribution in [3.63, 3.8) is 0 Å². The summed E-state index contributed by atoms with van der Waals surface area (Å²) in [7, 11) is 0. The number of rotatable bonds is 8. The first-order valence-electron chi connectivity index (χ1n) is 11.0. The highest BCUT2D eigenvalue weighted by molar-refractivity contribution is 5.89. The van der Waals surface area contributed by atoms with E-state index in [0.717, 1.165) is 22.3 Å². The number of nitrogens with zero attached hydrogens (tertiary/aromatic N) is 2. The third-order valence-electron chi connectivity index (χ3n) is 5.02. The molecule has 0 aliphatic carbocycles. The number of benzene rings is 2. The van der Waals surface area contributed by atoms with Crippen LogP contribution in [0.3, 0.4) is 0 Å². The molecule has 0 aliphatic heterocycles. The predicted molar refractivity (Wildman–Crippen MR) is 132 cm³/mol. The fraction of sp³-hybridized carbons (Fsp3) is 0.148. The van der Waals surface area contributed by atoms with Crippen molar-refractivity contribution < 1.29 is 19.1 Å². The predicted octanol–water partition coefficient (Wildman–Crippen LogP) is 4.90. The summed E-state index contributed by atoms with van der Waals surface area (Å²) in [4.78, 5) is 29.0. The molecule has 2 aromatic carbocycles. The van der Waals surface area contributed by atoms with E-state index in [1.54, 1.807) is 31.2 Å². The smallest absolute Gasteiger partial charge is 0.336 e. The van der Waals surface area contributed by atoms with E-state index in [1.807, 2.05) is 66.1 Å². The van der Waals surface area contributed by atoms with E-state index in [2.05, 4.69) is 5.32 Å². The number of anilines is 1. The van der Waals surface area contributed by atoms with E-state index in [-0.39, 0.29) is 12.5 Å². The van der Waals surface area contributed by atoms with Gasteiger partial charge in [-0.2, -0.15) is 0 Å². The maximum absolute atomic E-state index is 12.3. The fourth-order valence-corrected chi connectivity index (χ4v) is 3.47. The second-order valence-corrected chi connectivity index (χ2v) is 7.59. The van der Waals surface area contributed by atoms with E-state index in [0.29, 0.717) is 23.9 Å². The number of nitrogens with one attached hydrogen (secondary N) is 1. The molecule has 2 heterocycles. The van der Waals surface area contributed by atoms with Crippen LogP contribution in [0.4, 0.5) is 5.82 Å². The lowest BCUT2D eigenvalue weighted by atomic mass is 10.1. The van der Waals surface area contributed by atoms with Crippen LogP contribution < -0.4 is 10.1 Å². The lowest BCUT2D eigenvalue weighted by molar-refractivity contribution is -0.141. The fourth-order valence-electron chi connectivity index (χ4n) is 3.47. The van der Waals surface area contributed by atoms with Crippen LogP contribution in [0.5, 0.6) is 5.75 Å². The molecule has 34 heavy (non-hydrogen) atoms. The average molecular weight is 456 g/mol. The molecule has 0 unspecified atom stereocenters. The summed E-state index contributed by atoms with van der Waals surface area (Å²) in [6, 6.07) is 20.6. The highest BCUT2D eigenvalue weighted by atomic mass is 16.5.